The number of hydrogen-bond donors (Lipinski definition) is 2. The fourth-order valence-electron chi connectivity index (χ4n) is 1.93. The van der Waals surface area contributed by atoms with E-state index in [1.54, 1.807) is 11.3 Å². The quantitative estimate of drug-likeness (QED) is 0.751. The van der Waals surface area contributed by atoms with Crippen LogP contribution in [-0.4, -0.2) is 18.3 Å². The van der Waals surface area contributed by atoms with Crippen molar-refractivity contribution in [2.45, 2.75) is 32.6 Å². The van der Waals surface area contributed by atoms with Gasteiger partial charge in [0.25, 0.3) is 0 Å². The first-order valence-corrected chi connectivity index (χ1v) is 6.47. The summed E-state index contributed by atoms with van der Waals surface area (Å²) in [6.45, 7) is 2.94. The average molecular weight is 227 g/mol. The molecule has 0 saturated heterocycles. The van der Waals surface area contributed by atoms with E-state index in [1.165, 1.54) is 4.88 Å². The Morgan fingerprint density at radius 3 is 2.73 bits per heavy atom. The van der Waals surface area contributed by atoms with Gasteiger partial charge >= 0.3 is 0 Å². The highest BCUT2D eigenvalue weighted by molar-refractivity contribution is 7.09. The molecule has 0 aliphatic carbocycles. The summed E-state index contributed by atoms with van der Waals surface area (Å²) in [6.07, 6.45) is 4.14. The summed E-state index contributed by atoms with van der Waals surface area (Å²) >= 11 is 1.78. The maximum Gasteiger partial charge on any atom is 0.0499 e. The summed E-state index contributed by atoms with van der Waals surface area (Å²) in [6, 6.07) is 4.22. The van der Waals surface area contributed by atoms with Crippen LogP contribution in [0.25, 0.3) is 0 Å². The van der Waals surface area contributed by atoms with E-state index in [2.05, 4.69) is 24.4 Å². The molecule has 0 aliphatic rings. The Kier molecular flexibility index (Phi) is 5.29. The van der Waals surface area contributed by atoms with Gasteiger partial charge in [0.1, 0.15) is 0 Å². The molecule has 15 heavy (non-hydrogen) atoms. The standard InChI is InChI=1S/C12H21NOS/c1-2-6-12(9-13,10-14)7-5-11-4-3-8-15-11/h3-4,8,14H,2,5-7,9-10,13H2,1H3. The van der Waals surface area contributed by atoms with Gasteiger partial charge in [0.15, 0.2) is 0 Å². The van der Waals surface area contributed by atoms with Crippen molar-refractivity contribution in [2.24, 2.45) is 11.1 Å². The Morgan fingerprint density at radius 2 is 2.27 bits per heavy atom. The van der Waals surface area contributed by atoms with Crippen LogP contribution in [0.5, 0.6) is 0 Å². The fourth-order valence-corrected chi connectivity index (χ4v) is 2.63. The number of aliphatic hydroxyl groups excluding tert-OH is 1. The second-order valence-electron chi connectivity index (χ2n) is 4.19. The summed E-state index contributed by atoms with van der Waals surface area (Å²) in [5, 5.41) is 11.6. The van der Waals surface area contributed by atoms with Crippen molar-refractivity contribution in [3.05, 3.63) is 22.4 Å². The minimum absolute atomic E-state index is 0.0568. The van der Waals surface area contributed by atoms with Gasteiger partial charge in [-0.15, -0.1) is 11.3 Å². The molecule has 0 spiro atoms. The van der Waals surface area contributed by atoms with Gasteiger partial charge < -0.3 is 10.8 Å². The monoisotopic (exact) mass is 227 g/mol. The Morgan fingerprint density at radius 1 is 1.47 bits per heavy atom. The van der Waals surface area contributed by atoms with Crippen LogP contribution in [0.1, 0.15) is 31.1 Å². The van der Waals surface area contributed by atoms with E-state index in [0.717, 1.165) is 25.7 Å². The Balaban J connectivity index is 2.50. The Bertz CT molecular complexity index is 255. The largest absolute Gasteiger partial charge is 0.396 e. The summed E-state index contributed by atoms with van der Waals surface area (Å²) in [4.78, 5) is 1.39. The zero-order valence-electron chi connectivity index (χ0n) is 9.41. The third kappa shape index (κ3) is 3.59. The number of aryl methyl sites for hydroxylation is 1. The van der Waals surface area contributed by atoms with Gasteiger partial charge in [-0.05, 0) is 30.7 Å². The molecule has 0 aromatic carbocycles. The SMILES string of the molecule is CCCC(CN)(CO)CCc1cccs1. The highest BCUT2D eigenvalue weighted by atomic mass is 32.1. The topological polar surface area (TPSA) is 46.2 Å². The van der Waals surface area contributed by atoms with Crippen LogP contribution in [0.4, 0.5) is 0 Å². The van der Waals surface area contributed by atoms with E-state index in [9.17, 15) is 5.11 Å². The molecule has 1 aromatic heterocycles. The van der Waals surface area contributed by atoms with Crippen LogP contribution in [0.2, 0.25) is 0 Å². The van der Waals surface area contributed by atoms with E-state index in [-0.39, 0.29) is 12.0 Å². The summed E-state index contributed by atoms with van der Waals surface area (Å²) in [5.74, 6) is 0. The number of aliphatic hydroxyl groups is 1. The summed E-state index contributed by atoms with van der Waals surface area (Å²) in [5.41, 5.74) is 5.73. The lowest BCUT2D eigenvalue weighted by molar-refractivity contribution is 0.112. The number of hydrogen-bond acceptors (Lipinski definition) is 3. The first-order chi connectivity index (χ1) is 7.26. The molecule has 0 bridgehead atoms. The predicted octanol–water partition coefficient (Wildman–Crippen LogP) is 2.42. The Labute approximate surface area is 96.1 Å². The maximum atomic E-state index is 9.46. The van der Waals surface area contributed by atoms with Crippen molar-refractivity contribution in [2.75, 3.05) is 13.2 Å². The number of nitrogens with two attached hydrogens (primary N) is 1. The molecule has 2 nitrogen and oxygen atoms in total. The maximum absolute atomic E-state index is 9.46. The second kappa shape index (κ2) is 6.26. The molecule has 0 amide bonds. The highest BCUT2D eigenvalue weighted by Crippen LogP contribution is 2.29. The molecular weight excluding hydrogens is 206 g/mol. The predicted molar refractivity (Wildman–Crippen MR) is 66.1 cm³/mol. The molecule has 0 fully saturated rings. The van der Waals surface area contributed by atoms with E-state index in [1.807, 2.05) is 0 Å². The van der Waals surface area contributed by atoms with Crippen LogP contribution < -0.4 is 5.73 Å². The summed E-state index contributed by atoms with van der Waals surface area (Å²) in [7, 11) is 0. The summed E-state index contributed by atoms with van der Waals surface area (Å²) < 4.78 is 0. The van der Waals surface area contributed by atoms with Crippen molar-refractivity contribution < 1.29 is 5.11 Å². The van der Waals surface area contributed by atoms with Gasteiger partial charge in [-0.2, -0.15) is 0 Å². The molecular formula is C12H21NOS. The molecule has 0 radical (unpaired) electrons. The van der Waals surface area contributed by atoms with E-state index in [4.69, 9.17) is 5.73 Å². The lowest BCUT2D eigenvalue weighted by Crippen LogP contribution is -2.34. The van der Waals surface area contributed by atoms with Gasteiger partial charge in [-0.25, -0.2) is 0 Å². The molecule has 1 atom stereocenters. The Hall–Kier alpha value is -0.380. The fraction of sp³-hybridized carbons (Fsp3) is 0.667. The smallest absolute Gasteiger partial charge is 0.0499 e. The van der Waals surface area contributed by atoms with Gasteiger partial charge in [-0.1, -0.05) is 19.4 Å². The minimum Gasteiger partial charge on any atom is -0.396 e. The van der Waals surface area contributed by atoms with Crippen molar-refractivity contribution in [1.29, 1.82) is 0 Å². The normalized spacial score (nSPS) is 15.1. The van der Waals surface area contributed by atoms with Crippen molar-refractivity contribution in [1.82, 2.24) is 0 Å². The highest BCUT2D eigenvalue weighted by Gasteiger charge is 2.26. The van der Waals surface area contributed by atoms with Crippen LogP contribution in [0.3, 0.4) is 0 Å². The lowest BCUT2D eigenvalue weighted by atomic mass is 9.80. The van der Waals surface area contributed by atoms with Gasteiger partial charge in [0.2, 0.25) is 0 Å². The van der Waals surface area contributed by atoms with Crippen molar-refractivity contribution in [3.8, 4) is 0 Å². The first-order valence-electron chi connectivity index (χ1n) is 5.59. The van der Waals surface area contributed by atoms with Crippen LogP contribution in [-0.2, 0) is 6.42 Å². The zero-order valence-corrected chi connectivity index (χ0v) is 10.2. The molecule has 3 N–H and O–H groups in total. The zero-order chi connectivity index (χ0) is 11.1. The average Bonchev–Trinajstić information content (AvgIpc) is 2.77. The van der Waals surface area contributed by atoms with Gasteiger partial charge in [0, 0.05) is 23.4 Å². The van der Waals surface area contributed by atoms with Crippen LogP contribution in [0, 0.1) is 5.41 Å². The molecule has 3 heteroatoms. The van der Waals surface area contributed by atoms with Crippen LogP contribution in [0.15, 0.2) is 17.5 Å². The van der Waals surface area contributed by atoms with E-state index < -0.39 is 0 Å². The molecule has 1 heterocycles. The molecule has 0 saturated carbocycles. The van der Waals surface area contributed by atoms with E-state index >= 15 is 0 Å². The van der Waals surface area contributed by atoms with Crippen molar-refractivity contribution >= 4 is 11.3 Å². The lowest BCUT2D eigenvalue weighted by Gasteiger charge is -2.30. The molecule has 0 aliphatic heterocycles. The number of rotatable bonds is 7. The first kappa shape index (κ1) is 12.7. The van der Waals surface area contributed by atoms with Gasteiger partial charge in [-0.3, -0.25) is 0 Å². The number of thiophene rings is 1. The molecule has 1 rings (SSSR count). The third-order valence-corrected chi connectivity index (χ3v) is 3.97. The molecule has 86 valence electrons. The second-order valence-corrected chi connectivity index (χ2v) is 5.22. The van der Waals surface area contributed by atoms with E-state index in [0.29, 0.717) is 6.54 Å². The minimum atomic E-state index is -0.0568. The third-order valence-electron chi connectivity index (χ3n) is 3.03. The van der Waals surface area contributed by atoms with Gasteiger partial charge in [0.05, 0.1) is 0 Å². The van der Waals surface area contributed by atoms with Crippen molar-refractivity contribution in [3.63, 3.8) is 0 Å². The van der Waals surface area contributed by atoms with Crippen LogP contribution >= 0.6 is 11.3 Å². The molecule has 1 aromatic rings. The molecule has 1 unspecified atom stereocenters.